The number of benzene rings is 2. The van der Waals surface area contributed by atoms with Crippen molar-refractivity contribution >= 4 is 11.9 Å². The molecule has 0 atom stereocenters. The molecule has 0 saturated heterocycles. The Hall–Kier alpha value is -3.08. The largest absolute Gasteiger partial charge is 0.462 e. The zero-order chi connectivity index (χ0) is 18.1. The zero-order valence-electron chi connectivity index (χ0n) is 14.2. The molecule has 0 unspecified atom stereocenters. The minimum atomic E-state index is -0.381. The number of rotatable bonds is 8. The second-order valence-electron chi connectivity index (χ2n) is 5.26. The van der Waals surface area contributed by atoms with Gasteiger partial charge in [-0.1, -0.05) is 24.3 Å². The highest BCUT2D eigenvalue weighted by Gasteiger charge is 2.08. The molecular formula is C20H21NO4. The van der Waals surface area contributed by atoms with Gasteiger partial charge in [-0.3, -0.25) is 4.79 Å². The van der Waals surface area contributed by atoms with Crippen molar-refractivity contribution in [1.82, 2.24) is 5.32 Å². The summed E-state index contributed by atoms with van der Waals surface area (Å²) in [4.78, 5) is 23.4. The van der Waals surface area contributed by atoms with Gasteiger partial charge in [-0.2, -0.15) is 0 Å². The lowest BCUT2D eigenvalue weighted by atomic mass is 10.1. The van der Waals surface area contributed by atoms with Gasteiger partial charge in [0, 0.05) is 6.54 Å². The molecule has 0 bridgehead atoms. The van der Waals surface area contributed by atoms with Crippen LogP contribution in [0, 0.1) is 0 Å². The third kappa shape index (κ3) is 5.80. The number of carbonyl (C=O) groups is 2. The molecule has 0 aromatic heterocycles. The normalized spacial score (nSPS) is 9.96. The van der Waals surface area contributed by atoms with E-state index in [9.17, 15) is 9.59 Å². The van der Waals surface area contributed by atoms with Crippen molar-refractivity contribution in [2.75, 3.05) is 13.2 Å². The molecule has 1 amide bonds. The molecule has 1 N–H and O–H groups in total. The molecule has 2 aromatic carbocycles. The smallest absolute Gasteiger partial charge is 0.338 e. The van der Waals surface area contributed by atoms with Gasteiger partial charge in [-0.05, 0) is 42.8 Å². The van der Waals surface area contributed by atoms with E-state index in [1.807, 2.05) is 12.1 Å². The van der Waals surface area contributed by atoms with Crippen molar-refractivity contribution in [2.24, 2.45) is 0 Å². The van der Waals surface area contributed by atoms with Crippen molar-refractivity contribution < 1.29 is 19.1 Å². The van der Waals surface area contributed by atoms with Crippen LogP contribution >= 0.6 is 0 Å². The highest BCUT2D eigenvalue weighted by Crippen LogP contribution is 2.23. The third-order valence-electron chi connectivity index (χ3n) is 3.31. The van der Waals surface area contributed by atoms with Gasteiger partial charge >= 0.3 is 5.97 Å². The van der Waals surface area contributed by atoms with E-state index >= 15 is 0 Å². The number of ether oxygens (including phenoxy) is 2. The highest BCUT2D eigenvalue weighted by molar-refractivity contribution is 5.89. The average molecular weight is 339 g/mol. The van der Waals surface area contributed by atoms with E-state index < -0.39 is 0 Å². The maximum atomic E-state index is 11.7. The van der Waals surface area contributed by atoms with E-state index in [0.29, 0.717) is 36.6 Å². The Kier molecular flexibility index (Phi) is 6.77. The molecule has 0 aliphatic rings. The summed E-state index contributed by atoms with van der Waals surface area (Å²) in [6, 6.07) is 14.0. The zero-order valence-corrected chi connectivity index (χ0v) is 14.2. The first-order valence-electron chi connectivity index (χ1n) is 8.04. The monoisotopic (exact) mass is 339 g/mol. The summed E-state index contributed by atoms with van der Waals surface area (Å²) < 4.78 is 10.7. The molecule has 0 fully saturated rings. The topological polar surface area (TPSA) is 64.6 Å². The van der Waals surface area contributed by atoms with Gasteiger partial charge in [0.25, 0.3) is 0 Å². The molecule has 2 aromatic rings. The number of nitrogens with one attached hydrogen (secondary N) is 1. The number of esters is 1. The van der Waals surface area contributed by atoms with Crippen LogP contribution in [0.1, 0.15) is 22.8 Å². The predicted octanol–water partition coefficient (Wildman–Crippen LogP) is 3.50. The van der Waals surface area contributed by atoms with Gasteiger partial charge in [0.2, 0.25) is 5.91 Å². The van der Waals surface area contributed by atoms with Crippen molar-refractivity contribution in [3.8, 4) is 11.5 Å². The Morgan fingerprint density at radius 3 is 2.56 bits per heavy atom. The van der Waals surface area contributed by atoms with Crippen LogP contribution in [-0.2, 0) is 16.0 Å². The number of amides is 1. The minimum absolute atomic E-state index is 0.0595. The summed E-state index contributed by atoms with van der Waals surface area (Å²) in [7, 11) is 0. The van der Waals surface area contributed by atoms with Gasteiger partial charge < -0.3 is 14.8 Å². The molecule has 5 heteroatoms. The molecule has 130 valence electrons. The molecule has 0 aliphatic carbocycles. The molecule has 5 nitrogen and oxygen atoms in total. The highest BCUT2D eigenvalue weighted by atomic mass is 16.5. The molecule has 0 radical (unpaired) electrons. The maximum absolute atomic E-state index is 11.7. The Bertz CT molecular complexity index is 738. The molecule has 0 saturated carbocycles. The first-order valence-corrected chi connectivity index (χ1v) is 8.04. The summed E-state index contributed by atoms with van der Waals surface area (Å²) in [5.41, 5.74) is 1.32. The van der Waals surface area contributed by atoms with E-state index in [2.05, 4.69) is 11.9 Å². The summed E-state index contributed by atoms with van der Waals surface area (Å²) in [5, 5.41) is 2.73. The third-order valence-corrected chi connectivity index (χ3v) is 3.31. The Morgan fingerprint density at radius 2 is 1.88 bits per heavy atom. The van der Waals surface area contributed by atoms with E-state index in [1.54, 1.807) is 49.4 Å². The van der Waals surface area contributed by atoms with Crippen LogP contribution in [0.15, 0.2) is 61.2 Å². The Balaban J connectivity index is 1.99. The van der Waals surface area contributed by atoms with Crippen molar-refractivity contribution in [1.29, 1.82) is 0 Å². The van der Waals surface area contributed by atoms with Crippen LogP contribution in [0.3, 0.4) is 0 Å². The van der Waals surface area contributed by atoms with Gasteiger partial charge in [0.1, 0.15) is 11.5 Å². The van der Waals surface area contributed by atoms with Crippen molar-refractivity contribution in [2.45, 2.75) is 13.3 Å². The molecular weight excluding hydrogens is 318 g/mol. The van der Waals surface area contributed by atoms with Crippen LogP contribution in [0.5, 0.6) is 11.5 Å². The van der Waals surface area contributed by atoms with Gasteiger partial charge in [0.05, 0.1) is 18.6 Å². The second-order valence-corrected chi connectivity index (χ2v) is 5.26. The number of carbonyl (C=O) groups excluding carboxylic acids is 2. The molecule has 0 aliphatic heterocycles. The summed E-state index contributed by atoms with van der Waals surface area (Å²) in [5.74, 6) is 0.725. The van der Waals surface area contributed by atoms with E-state index in [-0.39, 0.29) is 11.9 Å². The average Bonchev–Trinajstić information content (AvgIpc) is 2.62. The van der Waals surface area contributed by atoms with Crippen molar-refractivity contribution in [3.63, 3.8) is 0 Å². The quantitative estimate of drug-likeness (QED) is 0.590. The first kappa shape index (κ1) is 18.3. The molecule has 0 spiro atoms. The van der Waals surface area contributed by atoms with Gasteiger partial charge in [-0.25, -0.2) is 4.79 Å². The van der Waals surface area contributed by atoms with Crippen LogP contribution in [-0.4, -0.2) is 25.0 Å². The number of hydrogen-bond acceptors (Lipinski definition) is 4. The first-order chi connectivity index (χ1) is 12.1. The predicted molar refractivity (Wildman–Crippen MR) is 95.8 cm³/mol. The van der Waals surface area contributed by atoms with Crippen LogP contribution in [0.25, 0.3) is 0 Å². The lowest BCUT2D eigenvalue weighted by Gasteiger charge is -2.08. The van der Waals surface area contributed by atoms with Crippen molar-refractivity contribution in [3.05, 3.63) is 72.3 Å². The summed E-state index contributed by atoms with van der Waals surface area (Å²) in [6.07, 6.45) is 1.94. The van der Waals surface area contributed by atoms with Crippen LogP contribution < -0.4 is 10.1 Å². The summed E-state index contributed by atoms with van der Waals surface area (Å²) >= 11 is 0. The fourth-order valence-corrected chi connectivity index (χ4v) is 2.15. The van der Waals surface area contributed by atoms with E-state index in [1.165, 1.54) is 0 Å². The lowest BCUT2D eigenvalue weighted by Crippen LogP contribution is -2.24. The maximum Gasteiger partial charge on any atom is 0.338 e. The standard InChI is InChI=1S/C20H21NO4/c1-3-12-21-19(22)13-15-8-10-17(11-9-15)25-18-7-5-6-16(14-18)20(23)24-4-2/h3,5-11,14H,1,4,12-13H2,2H3,(H,21,22). The molecule has 2 rings (SSSR count). The Labute approximate surface area is 147 Å². The Morgan fingerprint density at radius 1 is 1.12 bits per heavy atom. The molecule has 25 heavy (non-hydrogen) atoms. The SMILES string of the molecule is C=CCNC(=O)Cc1ccc(Oc2cccc(C(=O)OCC)c2)cc1. The fraction of sp³-hybridized carbons (Fsp3) is 0.200. The second kappa shape index (κ2) is 9.27. The van der Waals surface area contributed by atoms with E-state index in [0.717, 1.165) is 5.56 Å². The van der Waals surface area contributed by atoms with Gasteiger partial charge in [0.15, 0.2) is 0 Å². The number of hydrogen-bond donors (Lipinski definition) is 1. The van der Waals surface area contributed by atoms with E-state index in [4.69, 9.17) is 9.47 Å². The fourth-order valence-electron chi connectivity index (χ4n) is 2.15. The summed E-state index contributed by atoms with van der Waals surface area (Å²) in [6.45, 7) is 6.10. The molecule has 0 heterocycles. The van der Waals surface area contributed by atoms with Crippen LogP contribution in [0.2, 0.25) is 0 Å². The lowest BCUT2D eigenvalue weighted by molar-refractivity contribution is -0.120. The van der Waals surface area contributed by atoms with Crippen LogP contribution in [0.4, 0.5) is 0 Å². The minimum Gasteiger partial charge on any atom is -0.462 e. The van der Waals surface area contributed by atoms with Gasteiger partial charge in [-0.15, -0.1) is 6.58 Å².